The highest BCUT2D eigenvalue weighted by Gasteiger charge is 2.32. The summed E-state index contributed by atoms with van der Waals surface area (Å²) in [7, 11) is 0. The Labute approximate surface area is 118 Å². The van der Waals surface area contributed by atoms with Crippen molar-refractivity contribution in [3.8, 4) is 0 Å². The summed E-state index contributed by atoms with van der Waals surface area (Å²) in [5.74, 6) is 1.62. The van der Waals surface area contributed by atoms with Crippen LogP contribution in [0.4, 0.5) is 0 Å². The van der Waals surface area contributed by atoms with Gasteiger partial charge in [0.05, 0.1) is 22.4 Å². The van der Waals surface area contributed by atoms with Crippen molar-refractivity contribution in [3.63, 3.8) is 0 Å². The van der Waals surface area contributed by atoms with E-state index in [1.54, 1.807) is 0 Å². The van der Waals surface area contributed by atoms with Crippen LogP contribution >= 0.6 is 15.9 Å². The second kappa shape index (κ2) is 6.20. The van der Waals surface area contributed by atoms with Crippen molar-refractivity contribution < 1.29 is 0 Å². The van der Waals surface area contributed by atoms with Crippen LogP contribution in [0.3, 0.4) is 0 Å². The van der Waals surface area contributed by atoms with Crippen LogP contribution in [-0.2, 0) is 6.54 Å². The second-order valence-electron chi connectivity index (χ2n) is 5.41. The van der Waals surface area contributed by atoms with Crippen molar-refractivity contribution in [1.29, 1.82) is 0 Å². The molecule has 3 nitrogen and oxygen atoms in total. The molecule has 1 N–H and O–H groups in total. The molecule has 1 heterocycles. The summed E-state index contributed by atoms with van der Waals surface area (Å²) in [6.07, 6.45) is 5.96. The van der Waals surface area contributed by atoms with E-state index in [0.29, 0.717) is 6.04 Å². The predicted molar refractivity (Wildman–Crippen MR) is 78.5 cm³/mol. The summed E-state index contributed by atoms with van der Waals surface area (Å²) in [5.41, 5.74) is 1.33. The van der Waals surface area contributed by atoms with Crippen LogP contribution < -0.4 is 5.32 Å². The first-order chi connectivity index (χ1) is 8.67. The molecule has 2 rings (SSSR count). The minimum atomic E-state index is 0.441. The molecule has 1 aromatic heterocycles. The molecular weight excluding hydrogens is 290 g/mol. The Hall–Kier alpha value is -0.350. The maximum Gasteiger partial charge on any atom is 0.0698 e. The van der Waals surface area contributed by atoms with E-state index in [0.717, 1.165) is 29.4 Å². The quantitative estimate of drug-likeness (QED) is 0.897. The first kappa shape index (κ1) is 14.1. The molecule has 0 saturated heterocycles. The van der Waals surface area contributed by atoms with Gasteiger partial charge in [-0.1, -0.05) is 20.3 Å². The van der Waals surface area contributed by atoms with Gasteiger partial charge in [0.15, 0.2) is 0 Å². The van der Waals surface area contributed by atoms with Crippen molar-refractivity contribution in [1.82, 2.24) is 15.1 Å². The van der Waals surface area contributed by atoms with Crippen LogP contribution in [0.25, 0.3) is 0 Å². The normalized spacial score (nSPS) is 25.6. The van der Waals surface area contributed by atoms with Crippen molar-refractivity contribution in [2.45, 2.75) is 52.6 Å². The number of rotatable bonds is 5. The standard InChI is InChI=1S/C14H24BrN3/c1-4-16-13(11-7-6-10(3)8-11)14-12(15)9-17-18(14)5-2/h9-11,13,16H,4-8H2,1-3H3. The van der Waals surface area contributed by atoms with Gasteiger partial charge in [-0.3, -0.25) is 4.68 Å². The Morgan fingerprint density at radius 1 is 1.50 bits per heavy atom. The molecule has 0 aliphatic heterocycles. The second-order valence-corrected chi connectivity index (χ2v) is 6.26. The number of nitrogens with zero attached hydrogens (tertiary/aromatic N) is 2. The largest absolute Gasteiger partial charge is 0.309 e. The third kappa shape index (κ3) is 2.80. The lowest BCUT2D eigenvalue weighted by Crippen LogP contribution is -2.29. The first-order valence-corrected chi connectivity index (χ1v) is 7.91. The van der Waals surface area contributed by atoms with Crippen LogP contribution in [0.2, 0.25) is 0 Å². The number of aryl methyl sites for hydroxylation is 1. The third-order valence-corrected chi connectivity index (χ3v) is 4.67. The molecule has 1 aliphatic carbocycles. The van der Waals surface area contributed by atoms with Gasteiger partial charge in [-0.2, -0.15) is 5.10 Å². The molecule has 4 heteroatoms. The third-order valence-electron chi connectivity index (χ3n) is 4.06. The van der Waals surface area contributed by atoms with E-state index in [-0.39, 0.29) is 0 Å². The highest BCUT2D eigenvalue weighted by atomic mass is 79.9. The zero-order chi connectivity index (χ0) is 13.1. The van der Waals surface area contributed by atoms with Crippen LogP contribution in [0.1, 0.15) is 51.8 Å². The van der Waals surface area contributed by atoms with E-state index < -0.39 is 0 Å². The number of hydrogen-bond acceptors (Lipinski definition) is 2. The molecule has 0 bridgehead atoms. The Morgan fingerprint density at radius 2 is 2.28 bits per heavy atom. The molecule has 0 spiro atoms. The number of hydrogen-bond donors (Lipinski definition) is 1. The van der Waals surface area contributed by atoms with Crippen molar-refractivity contribution in [3.05, 3.63) is 16.4 Å². The fourth-order valence-corrected chi connectivity index (χ4v) is 3.74. The minimum Gasteiger partial charge on any atom is -0.309 e. The minimum absolute atomic E-state index is 0.441. The maximum absolute atomic E-state index is 4.46. The molecule has 0 aromatic carbocycles. The van der Waals surface area contributed by atoms with Gasteiger partial charge >= 0.3 is 0 Å². The van der Waals surface area contributed by atoms with Crippen molar-refractivity contribution >= 4 is 15.9 Å². The Balaban J connectivity index is 2.26. The summed E-state index contributed by atoms with van der Waals surface area (Å²) < 4.78 is 3.27. The van der Waals surface area contributed by atoms with Gasteiger partial charge in [-0.05, 0) is 54.1 Å². The Kier molecular flexibility index (Phi) is 4.84. The van der Waals surface area contributed by atoms with Gasteiger partial charge in [0.25, 0.3) is 0 Å². The average molecular weight is 314 g/mol. The van der Waals surface area contributed by atoms with E-state index in [1.165, 1.54) is 25.0 Å². The highest BCUT2D eigenvalue weighted by Crippen LogP contribution is 2.40. The van der Waals surface area contributed by atoms with E-state index in [2.05, 4.69) is 51.8 Å². The molecule has 18 heavy (non-hydrogen) atoms. The van der Waals surface area contributed by atoms with Gasteiger partial charge < -0.3 is 5.32 Å². The zero-order valence-corrected chi connectivity index (χ0v) is 13.2. The SMILES string of the molecule is CCNC(c1c(Br)cnn1CC)C1CCC(C)C1. The molecule has 3 atom stereocenters. The molecular formula is C14H24BrN3. The summed E-state index contributed by atoms with van der Waals surface area (Å²) in [4.78, 5) is 0. The number of halogens is 1. The molecule has 0 radical (unpaired) electrons. The van der Waals surface area contributed by atoms with Crippen molar-refractivity contribution in [2.24, 2.45) is 11.8 Å². The lowest BCUT2D eigenvalue weighted by Gasteiger charge is -2.26. The maximum atomic E-state index is 4.46. The summed E-state index contributed by atoms with van der Waals surface area (Å²) in [5, 5.41) is 8.13. The average Bonchev–Trinajstić information content (AvgIpc) is 2.93. The molecule has 0 amide bonds. The molecule has 3 unspecified atom stereocenters. The number of aromatic nitrogens is 2. The highest BCUT2D eigenvalue weighted by molar-refractivity contribution is 9.10. The van der Waals surface area contributed by atoms with E-state index in [1.807, 2.05) is 6.20 Å². The van der Waals surface area contributed by atoms with E-state index in [9.17, 15) is 0 Å². The number of nitrogens with one attached hydrogen (secondary N) is 1. The molecule has 1 saturated carbocycles. The topological polar surface area (TPSA) is 29.9 Å². The lowest BCUT2D eigenvalue weighted by atomic mass is 9.94. The van der Waals surface area contributed by atoms with E-state index in [4.69, 9.17) is 0 Å². The van der Waals surface area contributed by atoms with E-state index >= 15 is 0 Å². The zero-order valence-electron chi connectivity index (χ0n) is 11.6. The van der Waals surface area contributed by atoms with Crippen LogP contribution in [0.15, 0.2) is 10.7 Å². The molecule has 1 aromatic rings. The summed E-state index contributed by atoms with van der Waals surface area (Å²) in [6, 6.07) is 0.441. The van der Waals surface area contributed by atoms with Gasteiger partial charge in [-0.15, -0.1) is 0 Å². The van der Waals surface area contributed by atoms with Crippen molar-refractivity contribution in [2.75, 3.05) is 6.54 Å². The van der Waals surface area contributed by atoms with Crippen LogP contribution in [0.5, 0.6) is 0 Å². The molecule has 1 aliphatic rings. The smallest absolute Gasteiger partial charge is 0.0698 e. The lowest BCUT2D eigenvalue weighted by molar-refractivity contribution is 0.343. The fourth-order valence-electron chi connectivity index (χ4n) is 3.19. The molecule has 102 valence electrons. The molecule has 1 fully saturated rings. The summed E-state index contributed by atoms with van der Waals surface area (Å²) >= 11 is 3.67. The van der Waals surface area contributed by atoms with Gasteiger partial charge in [0.2, 0.25) is 0 Å². The van der Waals surface area contributed by atoms with Crippen LogP contribution in [0, 0.1) is 11.8 Å². The van der Waals surface area contributed by atoms with Crippen LogP contribution in [-0.4, -0.2) is 16.3 Å². The first-order valence-electron chi connectivity index (χ1n) is 7.11. The Morgan fingerprint density at radius 3 is 2.83 bits per heavy atom. The van der Waals surface area contributed by atoms with Gasteiger partial charge in [-0.25, -0.2) is 0 Å². The predicted octanol–water partition coefficient (Wildman–Crippen LogP) is 3.75. The fraction of sp³-hybridized carbons (Fsp3) is 0.786. The van der Waals surface area contributed by atoms with Gasteiger partial charge in [0, 0.05) is 6.54 Å². The monoisotopic (exact) mass is 313 g/mol. The summed E-state index contributed by atoms with van der Waals surface area (Å²) in [6.45, 7) is 8.66. The Bertz CT molecular complexity index is 388. The van der Waals surface area contributed by atoms with Gasteiger partial charge in [0.1, 0.15) is 0 Å².